The van der Waals surface area contributed by atoms with Crippen LogP contribution in [-0.4, -0.2) is 83.9 Å². The van der Waals surface area contributed by atoms with Crippen molar-refractivity contribution in [2.75, 3.05) is 51.8 Å². The fraction of sp³-hybridized carbons (Fsp3) is 0.595. The van der Waals surface area contributed by atoms with Gasteiger partial charge in [0.1, 0.15) is 11.6 Å². The Hall–Kier alpha value is -3.50. The quantitative estimate of drug-likeness (QED) is 0.259. The maximum Gasteiger partial charge on any atom is 0.261 e. The van der Waals surface area contributed by atoms with E-state index in [0.29, 0.717) is 64.6 Å². The maximum atomic E-state index is 14.5. The molecule has 3 aromatic rings. The van der Waals surface area contributed by atoms with Crippen molar-refractivity contribution in [2.24, 2.45) is 28.2 Å². The average molecular weight is 645 g/mol. The number of nitrogens with zero attached hydrogens (tertiary/aromatic N) is 5. The van der Waals surface area contributed by atoms with Crippen LogP contribution in [0.15, 0.2) is 52.5 Å². The molecule has 2 saturated heterocycles. The van der Waals surface area contributed by atoms with E-state index >= 15 is 0 Å². The Bertz CT molecular complexity index is 1680. The van der Waals surface area contributed by atoms with Crippen molar-refractivity contribution in [3.63, 3.8) is 0 Å². The lowest BCUT2D eigenvalue weighted by Crippen LogP contribution is -2.57. The van der Waals surface area contributed by atoms with Gasteiger partial charge in [-0.3, -0.25) is 14.3 Å². The molecule has 0 amide bonds. The molecule has 0 spiro atoms. The summed E-state index contributed by atoms with van der Waals surface area (Å²) < 4.78 is 27.1. The third-order valence-corrected chi connectivity index (χ3v) is 11.7. The van der Waals surface area contributed by atoms with Crippen LogP contribution in [0.2, 0.25) is 0 Å². The topological polar surface area (TPSA) is 84.2 Å². The van der Waals surface area contributed by atoms with Crippen molar-refractivity contribution in [1.82, 2.24) is 19.4 Å². The number of ether oxygens (including phenoxy) is 2. The van der Waals surface area contributed by atoms with E-state index in [-0.39, 0.29) is 11.4 Å². The minimum absolute atomic E-state index is 0.135. The Balaban J connectivity index is 1.08. The van der Waals surface area contributed by atoms with E-state index in [0.717, 1.165) is 69.7 Å². The van der Waals surface area contributed by atoms with Gasteiger partial charge >= 0.3 is 0 Å². The molecule has 3 saturated carbocycles. The summed E-state index contributed by atoms with van der Waals surface area (Å²) in [4.78, 5) is 28.4. The number of benzene rings is 2. The number of aryl methyl sites for hydroxylation is 2. The van der Waals surface area contributed by atoms with Crippen LogP contribution in [0.3, 0.4) is 0 Å². The first kappa shape index (κ1) is 32.1. The fourth-order valence-electron chi connectivity index (χ4n) is 8.48. The third-order valence-electron chi connectivity index (χ3n) is 11.7. The van der Waals surface area contributed by atoms with E-state index in [9.17, 15) is 9.18 Å². The zero-order valence-electron chi connectivity index (χ0n) is 28.3. The summed E-state index contributed by atoms with van der Waals surface area (Å²) in [5.74, 6) is 3.04. The van der Waals surface area contributed by atoms with Crippen LogP contribution in [0.25, 0.3) is 10.9 Å². The molecule has 1 aromatic heterocycles. The van der Waals surface area contributed by atoms with Crippen LogP contribution >= 0.6 is 0 Å². The molecule has 5 fully saturated rings. The summed E-state index contributed by atoms with van der Waals surface area (Å²) in [7, 11) is 1.51. The van der Waals surface area contributed by atoms with Crippen molar-refractivity contribution in [2.45, 2.75) is 71.6 Å². The number of hydrogen-bond donors (Lipinski definition) is 1. The van der Waals surface area contributed by atoms with Crippen molar-refractivity contribution < 1.29 is 13.9 Å². The molecule has 8 rings (SSSR count). The summed E-state index contributed by atoms with van der Waals surface area (Å²) in [6.45, 7) is 13.3. The second-order valence-corrected chi connectivity index (χ2v) is 14.7. The zero-order valence-corrected chi connectivity index (χ0v) is 28.3. The van der Waals surface area contributed by atoms with Gasteiger partial charge < -0.3 is 19.7 Å². The molecular weight excluding hydrogens is 595 g/mol. The predicted molar refractivity (Wildman–Crippen MR) is 184 cm³/mol. The van der Waals surface area contributed by atoms with Gasteiger partial charge in [0.05, 0.1) is 36.5 Å². The number of guanidine groups is 1. The van der Waals surface area contributed by atoms with Crippen LogP contribution in [0.5, 0.6) is 5.75 Å². The van der Waals surface area contributed by atoms with Gasteiger partial charge in [0, 0.05) is 57.6 Å². The molecule has 1 N–H and O–H groups in total. The first-order valence-electron chi connectivity index (χ1n) is 17.4. The van der Waals surface area contributed by atoms with Crippen LogP contribution in [0, 0.1) is 29.0 Å². The molecule has 252 valence electrons. The minimum atomic E-state index is -0.341. The lowest BCUT2D eigenvalue weighted by molar-refractivity contribution is -0.108. The van der Waals surface area contributed by atoms with Gasteiger partial charge in [-0.1, -0.05) is 26.8 Å². The lowest BCUT2D eigenvalue weighted by Gasteiger charge is -2.61. The standard InChI is InChI=1S/C37H49FN6O3/c1-24-31-18-26(37(31,2)3)19-33(24)41-36(43-15-13-42(14-16-43)22-29-6-5-17-47-29)40-27-8-10-30-34(20-27)39-23-44(35(30)45)12-11-25-7-9-28(46-4)21-32(25)38/h7-10,20-21,23-24,26,29,31,33H,5-6,11-19,22H2,1-4H3,(H,40,41). The highest BCUT2D eigenvalue weighted by molar-refractivity contribution is 5.96. The van der Waals surface area contributed by atoms with Crippen molar-refractivity contribution in [3.05, 3.63) is 64.5 Å². The summed E-state index contributed by atoms with van der Waals surface area (Å²) in [5.41, 5.74) is 2.31. The van der Waals surface area contributed by atoms with Gasteiger partial charge in [-0.2, -0.15) is 0 Å². The zero-order chi connectivity index (χ0) is 32.7. The van der Waals surface area contributed by atoms with Crippen LogP contribution in [0.1, 0.15) is 52.0 Å². The smallest absolute Gasteiger partial charge is 0.261 e. The highest BCUT2D eigenvalue weighted by Crippen LogP contribution is 2.61. The van der Waals surface area contributed by atoms with Gasteiger partial charge in [-0.15, -0.1) is 0 Å². The largest absolute Gasteiger partial charge is 0.497 e. The van der Waals surface area contributed by atoms with Gasteiger partial charge in [-0.05, 0) is 85.1 Å². The summed E-state index contributed by atoms with van der Waals surface area (Å²) >= 11 is 0. The number of nitrogens with one attached hydrogen (secondary N) is 1. The Morgan fingerprint density at radius 1 is 1.15 bits per heavy atom. The Labute approximate surface area is 277 Å². The number of anilines is 1. The Morgan fingerprint density at radius 2 is 1.98 bits per heavy atom. The molecule has 0 radical (unpaired) electrons. The number of methoxy groups -OCH3 is 1. The molecule has 10 heteroatoms. The van der Waals surface area contributed by atoms with E-state index < -0.39 is 0 Å². The van der Waals surface area contributed by atoms with E-state index in [2.05, 4.69) is 40.9 Å². The number of piperazine rings is 1. The van der Waals surface area contributed by atoms with Gasteiger partial charge in [0.25, 0.3) is 5.56 Å². The van der Waals surface area contributed by atoms with E-state index in [1.54, 1.807) is 23.0 Å². The molecule has 5 aliphatic rings. The van der Waals surface area contributed by atoms with Crippen molar-refractivity contribution in [1.29, 1.82) is 0 Å². The van der Waals surface area contributed by atoms with Crippen LogP contribution in [-0.2, 0) is 17.7 Å². The van der Waals surface area contributed by atoms with Gasteiger partial charge in [0.15, 0.2) is 5.96 Å². The number of halogens is 1. The number of aliphatic imine (C=N–C) groups is 1. The van der Waals surface area contributed by atoms with Crippen molar-refractivity contribution in [3.8, 4) is 5.75 Å². The normalized spacial score (nSPS) is 27.6. The van der Waals surface area contributed by atoms with Gasteiger partial charge in [0.2, 0.25) is 0 Å². The first-order chi connectivity index (χ1) is 22.7. The van der Waals surface area contributed by atoms with Crippen LogP contribution in [0.4, 0.5) is 10.1 Å². The number of fused-ring (bicyclic) bond motifs is 3. The molecule has 5 atom stereocenters. The molecule has 3 aliphatic carbocycles. The molecule has 3 heterocycles. The fourth-order valence-corrected chi connectivity index (χ4v) is 8.48. The predicted octanol–water partition coefficient (Wildman–Crippen LogP) is 5.42. The van der Waals surface area contributed by atoms with Gasteiger partial charge in [-0.25, -0.2) is 14.4 Å². The second kappa shape index (κ2) is 13.2. The monoisotopic (exact) mass is 644 g/mol. The van der Waals surface area contributed by atoms with E-state index in [1.807, 2.05) is 18.2 Å². The van der Waals surface area contributed by atoms with E-state index in [4.69, 9.17) is 14.5 Å². The van der Waals surface area contributed by atoms with E-state index in [1.165, 1.54) is 26.0 Å². The summed E-state index contributed by atoms with van der Waals surface area (Å²) in [6.07, 6.45) is 7.10. The molecule has 5 unspecified atom stereocenters. The highest BCUT2D eigenvalue weighted by atomic mass is 19.1. The number of rotatable bonds is 8. The second-order valence-electron chi connectivity index (χ2n) is 14.7. The third kappa shape index (κ3) is 6.51. The molecule has 47 heavy (non-hydrogen) atoms. The maximum absolute atomic E-state index is 14.5. The average Bonchev–Trinajstić information content (AvgIpc) is 3.58. The number of aromatic nitrogens is 2. The summed E-state index contributed by atoms with van der Waals surface area (Å²) in [5, 5.41) is 4.21. The minimum Gasteiger partial charge on any atom is -0.497 e. The summed E-state index contributed by atoms with van der Waals surface area (Å²) in [6, 6.07) is 10.8. The lowest BCUT2D eigenvalue weighted by atomic mass is 9.45. The molecule has 2 bridgehead atoms. The molecule has 2 aliphatic heterocycles. The molecule has 9 nitrogen and oxygen atoms in total. The molecule has 2 aromatic carbocycles. The highest BCUT2D eigenvalue weighted by Gasteiger charge is 2.56. The Morgan fingerprint density at radius 3 is 2.68 bits per heavy atom. The van der Waals surface area contributed by atoms with Crippen molar-refractivity contribution >= 4 is 22.5 Å². The first-order valence-corrected chi connectivity index (χ1v) is 17.4. The SMILES string of the molecule is COc1ccc(CCn2cnc3cc(NC(=NC4CC5CC(C4C)C5(C)C)N4CCN(CC5CCCO5)CC4)ccc3c2=O)c(F)c1. The number of hydrogen-bond acceptors (Lipinski definition) is 6. The van der Waals surface area contributed by atoms with Crippen LogP contribution < -0.4 is 15.6 Å². The Kier molecular flexibility index (Phi) is 9.00. The molecular formula is C37H49FN6O3.